The Bertz CT molecular complexity index is 373. The van der Waals surface area contributed by atoms with E-state index in [-0.39, 0.29) is 0 Å². The first-order valence-electron chi connectivity index (χ1n) is 5.69. The van der Waals surface area contributed by atoms with Crippen LogP contribution in [-0.4, -0.2) is 23.1 Å². The standard InChI is InChI=1S/C12H18ClN3/c1-12(2,3)9-4-5-16(8-9)11-7-14-6-10(13)15-11/h6-7,9H,4-5,8H2,1-3H3. The molecule has 0 amide bonds. The molecule has 1 unspecified atom stereocenters. The van der Waals surface area contributed by atoms with Gasteiger partial charge in [0.05, 0.1) is 12.4 Å². The molecule has 1 aliphatic rings. The lowest BCUT2D eigenvalue weighted by Crippen LogP contribution is -2.26. The molecule has 88 valence electrons. The van der Waals surface area contributed by atoms with Crippen molar-refractivity contribution in [2.24, 2.45) is 11.3 Å². The largest absolute Gasteiger partial charge is 0.355 e. The maximum absolute atomic E-state index is 5.85. The molecule has 1 aliphatic heterocycles. The van der Waals surface area contributed by atoms with Crippen molar-refractivity contribution in [3.05, 3.63) is 17.5 Å². The first kappa shape index (κ1) is 11.6. The van der Waals surface area contributed by atoms with E-state index in [2.05, 4.69) is 35.6 Å². The molecule has 1 aromatic rings. The fourth-order valence-electron chi connectivity index (χ4n) is 2.16. The molecule has 0 bridgehead atoms. The highest BCUT2D eigenvalue weighted by Gasteiger charge is 2.32. The van der Waals surface area contributed by atoms with E-state index >= 15 is 0 Å². The smallest absolute Gasteiger partial charge is 0.149 e. The molecular formula is C12H18ClN3. The second-order valence-electron chi connectivity index (χ2n) is 5.50. The summed E-state index contributed by atoms with van der Waals surface area (Å²) in [7, 11) is 0. The van der Waals surface area contributed by atoms with Crippen molar-refractivity contribution in [3.8, 4) is 0 Å². The molecule has 3 nitrogen and oxygen atoms in total. The quantitative estimate of drug-likeness (QED) is 0.755. The molecule has 0 spiro atoms. The van der Waals surface area contributed by atoms with Crippen LogP contribution in [0, 0.1) is 11.3 Å². The SMILES string of the molecule is CC(C)(C)C1CCN(c2cncc(Cl)n2)C1. The normalized spacial score (nSPS) is 21.5. The van der Waals surface area contributed by atoms with Crippen LogP contribution in [0.4, 0.5) is 5.82 Å². The Hall–Kier alpha value is -0.830. The third-order valence-electron chi connectivity index (χ3n) is 3.33. The minimum atomic E-state index is 0.362. The van der Waals surface area contributed by atoms with Gasteiger partial charge in [-0.15, -0.1) is 0 Å². The summed E-state index contributed by atoms with van der Waals surface area (Å²) in [5, 5.41) is 0.469. The fourth-order valence-corrected chi connectivity index (χ4v) is 2.30. The number of hydrogen-bond acceptors (Lipinski definition) is 3. The molecule has 0 radical (unpaired) electrons. The third-order valence-corrected chi connectivity index (χ3v) is 3.51. The molecular weight excluding hydrogens is 222 g/mol. The minimum Gasteiger partial charge on any atom is -0.355 e. The van der Waals surface area contributed by atoms with Crippen LogP contribution in [0.5, 0.6) is 0 Å². The van der Waals surface area contributed by atoms with Crippen molar-refractivity contribution in [3.63, 3.8) is 0 Å². The van der Waals surface area contributed by atoms with Crippen molar-refractivity contribution in [1.82, 2.24) is 9.97 Å². The molecule has 1 fully saturated rings. The predicted molar refractivity (Wildman–Crippen MR) is 66.8 cm³/mol. The van der Waals surface area contributed by atoms with E-state index in [9.17, 15) is 0 Å². The molecule has 0 saturated carbocycles. The van der Waals surface area contributed by atoms with E-state index in [0.717, 1.165) is 18.9 Å². The summed E-state index contributed by atoms with van der Waals surface area (Å²) in [6.45, 7) is 9.00. The Labute approximate surface area is 102 Å². The molecule has 0 aromatic carbocycles. The number of halogens is 1. The predicted octanol–water partition coefficient (Wildman–Crippen LogP) is 3.00. The summed E-state index contributed by atoms with van der Waals surface area (Å²) in [6, 6.07) is 0. The van der Waals surface area contributed by atoms with E-state index < -0.39 is 0 Å². The summed E-state index contributed by atoms with van der Waals surface area (Å²) < 4.78 is 0. The summed E-state index contributed by atoms with van der Waals surface area (Å²) in [5.74, 6) is 1.62. The van der Waals surface area contributed by atoms with E-state index in [1.54, 1.807) is 12.4 Å². The lowest BCUT2D eigenvalue weighted by Gasteiger charge is -2.27. The van der Waals surface area contributed by atoms with Gasteiger partial charge in [-0.3, -0.25) is 4.98 Å². The number of rotatable bonds is 1. The van der Waals surface area contributed by atoms with E-state index in [1.165, 1.54) is 6.42 Å². The first-order chi connectivity index (χ1) is 7.47. The van der Waals surface area contributed by atoms with Gasteiger partial charge < -0.3 is 4.90 Å². The molecule has 0 N–H and O–H groups in total. The molecule has 2 rings (SSSR count). The summed E-state index contributed by atoms with van der Waals surface area (Å²) >= 11 is 5.85. The van der Waals surface area contributed by atoms with Gasteiger partial charge in [0.2, 0.25) is 0 Å². The van der Waals surface area contributed by atoms with Gasteiger partial charge in [0.1, 0.15) is 11.0 Å². The van der Waals surface area contributed by atoms with Gasteiger partial charge in [-0.1, -0.05) is 32.4 Å². The van der Waals surface area contributed by atoms with Gasteiger partial charge in [-0.05, 0) is 17.8 Å². The van der Waals surface area contributed by atoms with Gasteiger partial charge in [0.15, 0.2) is 0 Å². The van der Waals surface area contributed by atoms with Crippen LogP contribution < -0.4 is 4.90 Å². The second-order valence-corrected chi connectivity index (χ2v) is 5.88. The van der Waals surface area contributed by atoms with Crippen molar-refractivity contribution in [2.45, 2.75) is 27.2 Å². The van der Waals surface area contributed by atoms with Crippen molar-refractivity contribution >= 4 is 17.4 Å². The molecule has 2 heterocycles. The van der Waals surface area contributed by atoms with Crippen molar-refractivity contribution in [2.75, 3.05) is 18.0 Å². The molecule has 1 saturated heterocycles. The van der Waals surface area contributed by atoms with Crippen molar-refractivity contribution in [1.29, 1.82) is 0 Å². The fraction of sp³-hybridized carbons (Fsp3) is 0.667. The zero-order chi connectivity index (χ0) is 11.8. The number of aromatic nitrogens is 2. The minimum absolute atomic E-state index is 0.362. The topological polar surface area (TPSA) is 29.0 Å². The zero-order valence-corrected chi connectivity index (χ0v) is 10.8. The molecule has 1 atom stereocenters. The maximum atomic E-state index is 5.85. The summed E-state index contributed by atoms with van der Waals surface area (Å²) in [4.78, 5) is 10.7. The van der Waals surface area contributed by atoms with Crippen LogP contribution in [0.3, 0.4) is 0 Å². The molecule has 0 aliphatic carbocycles. The Balaban J connectivity index is 2.09. The van der Waals surface area contributed by atoms with E-state index in [4.69, 9.17) is 11.6 Å². The third kappa shape index (κ3) is 2.46. The van der Waals surface area contributed by atoms with Crippen LogP contribution >= 0.6 is 11.6 Å². The maximum Gasteiger partial charge on any atom is 0.149 e. The van der Waals surface area contributed by atoms with Crippen LogP contribution in [0.1, 0.15) is 27.2 Å². The Morgan fingerprint density at radius 1 is 1.38 bits per heavy atom. The van der Waals surface area contributed by atoms with Gasteiger partial charge in [0.25, 0.3) is 0 Å². The van der Waals surface area contributed by atoms with Crippen LogP contribution in [0.15, 0.2) is 12.4 Å². The first-order valence-corrected chi connectivity index (χ1v) is 6.07. The summed E-state index contributed by atoms with van der Waals surface area (Å²) in [6.07, 6.45) is 4.58. The molecule has 4 heteroatoms. The second kappa shape index (κ2) is 4.21. The van der Waals surface area contributed by atoms with Crippen LogP contribution in [-0.2, 0) is 0 Å². The van der Waals surface area contributed by atoms with Crippen LogP contribution in [0.2, 0.25) is 5.15 Å². The highest BCUT2D eigenvalue weighted by Crippen LogP contribution is 2.34. The Morgan fingerprint density at radius 2 is 2.12 bits per heavy atom. The van der Waals surface area contributed by atoms with Gasteiger partial charge in [-0.2, -0.15) is 0 Å². The Kier molecular flexibility index (Phi) is 3.06. The number of hydrogen-bond donors (Lipinski definition) is 0. The van der Waals surface area contributed by atoms with Gasteiger partial charge >= 0.3 is 0 Å². The lowest BCUT2D eigenvalue weighted by atomic mass is 9.80. The monoisotopic (exact) mass is 239 g/mol. The molecule has 16 heavy (non-hydrogen) atoms. The Morgan fingerprint density at radius 3 is 2.69 bits per heavy atom. The van der Waals surface area contributed by atoms with Gasteiger partial charge in [0, 0.05) is 13.1 Å². The number of nitrogens with zero attached hydrogens (tertiary/aromatic N) is 3. The van der Waals surface area contributed by atoms with Gasteiger partial charge in [-0.25, -0.2) is 4.98 Å². The zero-order valence-electron chi connectivity index (χ0n) is 10.1. The number of anilines is 1. The average molecular weight is 240 g/mol. The summed E-state index contributed by atoms with van der Waals surface area (Å²) in [5.41, 5.74) is 0.362. The lowest BCUT2D eigenvalue weighted by molar-refractivity contribution is 0.263. The average Bonchev–Trinajstić information content (AvgIpc) is 2.65. The highest BCUT2D eigenvalue weighted by atomic mass is 35.5. The van der Waals surface area contributed by atoms with Crippen LogP contribution in [0.25, 0.3) is 0 Å². The van der Waals surface area contributed by atoms with E-state index in [0.29, 0.717) is 16.5 Å². The van der Waals surface area contributed by atoms with Crippen molar-refractivity contribution < 1.29 is 0 Å². The molecule has 1 aromatic heterocycles. The van der Waals surface area contributed by atoms with E-state index in [1.807, 2.05) is 0 Å². The highest BCUT2D eigenvalue weighted by molar-refractivity contribution is 6.29.